The van der Waals surface area contributed by atoms with Crippen LogP contribution in [0.3, 0.4) is 0 Å². The number of aromatic nitrogens is 1. The molecule has 0 aliphatic carbocycles. The molecule has 1 heterocycles. The molecule has 1 aromatic carbocycles. The maximum Gasteiger partial charge on any atom is 0.248 e. The van der Waals surface area contributed by atoms with Gasteiger partial charge in [-0.25, -0.2) is 0 Å². The molecule has 1 atom stereocenters. The van der Waals surface area contributed by atoms with E-state index < -0.39 is 0 Å². The zero-order chi connectivity index (χ0) is 14.5. The Morgan fingerprint density at radius 3 is 2.30 bits per heavy atom. The van der Waals surface area contributed by atoms with Crippen molar-refractivity contribution >= 4 is 11.6 Å². The summed E-state index contributed by atoms with van der Waals surface area (Å²) in [4.78, 5) is 20.4. The van der Waals surface area contributed by atoms with E-state index in [1.165, 1.54) is 0 Å². The van der Waals surface area contributed by atoms with Crippen molar-refractivity contribution in [1.29, 1.82) is 0 Å². The number of carbonyl (C=O) groups excluding carboxylic acids is 1. The van der Waals surface area contributed by atoms with Crippen LogP contribution in [0, 0.1) is 0 Å². The van der Waals surface area contributed by atoms with Crippen molar-refractivity contribution in [3.63, 3.8) is 0 Å². The van der Waals surface area contributed by atoms with E-state index in [1.54, 1.807) is 24.3 Å². The quantitative estimate of drug-likeness (QED) is 0.855. The van der Waals surface area contributed by atoms with Crippen LogP contribution in [0.25, 0.3) is 0 Å². The molecule has 1 aromatic heterocycles. The third-order valence-electron chi connectivity index (χ3n) is 3.22. The second-order valence-corrected chi connectivity index (χ2v) is 4.89. The lowest BCUT2D eigenvalue weighted by molar-refractivity contribution is -0.122. The van der Waals surface area contributed by atoms with Crippen LogP contribution in [0.15, 0.2) is 54.9 Å². The molecule has 1 amide bonds. The fourth-order valence-electron chi connectivity index (χ4n) is 2.16. The van der Waals surface area contributed by atoms with Gasteiger partial charge in [-0.3, -0.25) is 14.7 Å². The number of para-hydroxylation sites is 1. The first-order valence-corrected chi connectivity index (χ1v) is 6.50. The number of carbonyl (C=O) groups is 1. The topological polar surface area (TPSA) is 36.4 Å². The summed E-state index contributed by atoms with van der Waals surface area (Å²) < 4.78 is 0. The first-order chi connectivity index (χ1) is 9.61. The molecular weight excluding hydrogens is 250 g/mol. The summed E-state index contributed by atoms with van der Waals surface area (Å²) in [6, 6.07) is 13.1. The summed E-state index contributed by atoms with van der Waals surface area (Å²) >= 11 is 0. The van der Waals surface area contributed by atoms with E-state index >= 15 is 0 Å². The normalized spacial score (nSPS) is 12.2. The number of rotatable bonds is 4. The lowest BCUT2D eigenvalue weighted by Gasteiger charge is -2.28. The highest BCUT2D eigenvalue weighted by atomic mass is 16.2. The van der Waals surface area contributed by atoms with Gasteiger partial charge in [0.25, 0.3) is 0 Å². The Morgan fingerprint density at radius 2 is 1.75 bits per heavy atom. The second kappa shape index (κ2) is 6.30. The summed E-state index contributed by atoms with van der Waals surface area (Å²) in [6.45, 7) is 0. The molecule has 0 saturated carbocycles. The molecule has 0 bridgehead atoms. The third kappa shape index (κ3) is 3.03. The molecule has 2 aromatic rings. The minimum atomic E-state index is -0.339. The predicted molar refractivity (Wildman–Crippen MR) is 80.5 cm³/mol. The number of nitrogens with zero attached hydrogens (tertiary/aromatic N) is 3. The molecule has 0 fully saturated rings. The molecular formula is C16H19N3O. The zero-order valence-electron chi connectivity index (χ0n) is 12.0. The smallest absolute Gasteiger partial charge is 0.248 e. The van der Waals surface area contributed by atoms with Crippen molar-refractivity contribution in [2.45, 2.75) is 6.04 Å². The van der Waals surface area contributed by atoms with E-state index in [-0.39, 0.29) is 11.9 Å². The average Bonchev–Trinajstić information content (AvgIpc) is 2.48. The molecule has 0 N–H and O–H groups in total. The first-order valence-electron chi connectivity index (χ1n) is 6.50. The highest BCUT2D eigenvalue weighted by Crippen LogP contribution is 2.22. The molecule has 0 radical (unpaired) electrons. The van der Waals surface area contributed by atoms with Crippen molar-refractivity contribution in [3.8, 4) is 0 Å². The summed E-state index contributed by atoms with van der Waals surface area (Å²) in [5.74, 6) is 0.0224. The number of pyridine rings is 1. The minimum Gasteiger partial charge on any atom is -0.314 e. The Balaban J connectivity index is 2.29. The van der Waals surface area contributed by atoms with Crippen LogP contribution in [0.1, 0.15) is 11.6 Å². The third-order valence-corrected chi connectivity index (χ3v) is 3.22. The van der Waals surface area contributed by atoms with E-state index in [1.807, 2.05) is 61.5 Å². The lowest BCUT2D eigenvalue weighted by Crippen LogP contribution is -2.38. The van der Waals surface area contributed by atoms with E-state index in [9.17, 15) is 4.79 Å². The molecule has 20 heavy (non-hydrogen) atoms. The summed E-state index contributed by atoms with van der Waals surface area (Å²) in [7, 11) is 5.59. The fourth-order valence-corrected chi connectivity index (χ4v) is 2.16. The number of hydrogen-bond acceptors (Lipinski definition) is 3. The van der Waals surface area contributed by atoms with Crippen molar-refractivity contribution < 1.29 is 4.79 Å². The zero-order valence-corrected chi connectivity index (χ0v) is 12.0. The van der Waals surface area contributed by atoms with Gasteiger partial charge in [0.1, 0.15) is 6.04 Å². The molecule has 2 rings (SSSR count). The highest BCUT2D eigenvalue weighted by molar-refractivity contribution is 5.97. The molecule has 0 saturated heterocycles. The molecule has 0 aliphatic heterocycles. The molecule has 4 nitrogen and oxygen atoms in total. The maximum atomic E-state index is 12.7. The Kier molecular flexibility index (Phi) is 4.48. The van der Waals surface area contributed by atoms with Gasteiger partial charge in [0.2, 0.25) is 5.91 Å². The minimum absolute atomic E-state index is 0.0224. The first kappa shape index (κ1) is 14.2. The Labute approximate surface area is 119 Å². The van der Waals surface area contributed by atoms with Gasteiger partial charge in [0.05, 0.1) is 0 Å². The maximum absolute atomic E-state index is 12.7. The van der Waals surface area contributed by atoms with Crippen LogP contribution in [0.2, 0.25) is 0 Å². The average molecular weight is 269 g/mol. The van der Waals surface area contributed by atoms with Gasteiger partial charge >= 0.3 is 0 Å². The SMILES string of the molecule is CN(C(=O)C(c1cccnc1)N(C)C)c1ccccc1. The summed E-state index contributed by atoms with van der Waals surface area (Å²) in [5, 5.41) is 0. The van der Waals surface area contributed by atoms with Crippen molar-refractivity contribution in [2.24, 2.45) is 0 Å². The van der Waals surface area contributed by atoms with Gasteiger partial charge in [-0.2, -0.15) is 0 Å². The number of hydrogen-bond donors (Lipinski definition) is 0. The van der Waals surface area contributed by atoms with Gasteiger partial charge in [-0.1, -0.05) is 24.3 Å². The largest absolute Gasteiger partial charge is 0.314 e. The highest BCUT2D eigenvalue weighted by Gasteiger charge is 2.26. The van der Waals surface area contributed by atoms with E-state index in [0.717, 1.165) is 11.3 Å². The number of amides is 1. The van der Waals surface area contributed by atoms with Gasteiger partial charge in [-0.15, -0.1) is 0 Å². The molecule has 104 valence electrons. The van der Waals surface area contributed by atoms with E-state index in [0.29, 0.717) is 0 Å². The number of anilines is 1. The van der Waals surface area contributed by atoms with Crippen LogP contribution in [0.5, 0.6) is 0 Å². The van der Waals surface area contributed by atoms with Gasteiger partial charge in [-0.05, 0) is 37.9 Å². The Hall–Kier alpha value is -2.20. The van der Waals surface area contributed by atoms with Crippen molar-refractivity contribution in [1.82, 2.24) is 9.88 Å². The van der Waals surface area contributed by atoms with Crippen molar-refractivity contribution in [3.05, 3.63) is 60.4 Å². The monoisotopic (exact) mass is 269 g/mol. The Morgan fingerprint density at radius 1 is 1.05 bits per heavy atom. The molecule has 1 unspecified atom stereocenters. The fraction of sp³-hybridized carbons (Fsp3) is 0.250. The lowest BCUT2D eigenvalue weighted by atomic mass is 10.1. The second-order valence-electron chi connectivity index (χ2n) is 4.89. The van der Waals surface area contributed by atoms with Crippen LogP contribution >= 0.6 is 0 Å². The van der Waals surface area contributed by atoms with Gasteiger partial charge in [0, 0.05) is 25.1 Å². The Bertz CT molecular complexity index is 554. The predicted octanol–water partition coefficient (Wildman–Crippen LogP) is 2.35. The van der Waals surface area contributed by atoms with E-state index in [4.69, 9.17) is 0 Å². The molecule has 4 heteroatoms. The molecule has 0 spiro atoms. The van der Waals surface area contributed by atoms with Crippen LogP contribution in [-0.2, 0) is 4.79 Å². The van der Waals surface area contributed by atoms with Gasteiger partial charge < -0.3 is 4.90 Å². The number of likely N-dealkylation sites (N-methyl/N-ethyl adjacent to an activating group) is 2. The standard InChI is InChI=1S/C16H19N3O/c1-18(2)15(13-8-7-11-17-12-13)16(20)19(3)14-9-5-4-6-10-14/h4-12,15H,1-3H3. The summed E-state index contributed by atoms with van der Waals surface area (Å²) in [6.07, 6.45) is 3.45. The van der Waals surface area contributed by atoms with Crippen molar-refractivity contribution in [2.75, 3.05) is 26.0 Å². The van der Waals surface area contributed by atoms with Crippen LogP contribution in [-0.4, -0.2) is 36.9 Å². The van der Waals surface area contributed by atoms with E-state index in [2.05, 4.69) is 4.98 Å². The summed E-state index contributed by atoms with van der Waals surface area (Å²) in [5.41, 5.74) is 1.78. The van der Waals surface area contributed by atoms with Crippen LogP contribution in [0.4, 0.5) is 5.69 Å². The molecule has 0 aliphatic rings. The van der Waals surface area contributed by atoms with Crippen LogP contribution < -0.4 is 4.90 Å². The van der Waals surface area contributed by atoms with Gasteiger partial charge in [0.15, 0.2) is 0 Å². The number of benzene rings is 1.